The molecule has 96 valence electrons. The zero-order valence-corrected chi connectivity index (χ0v) is 10.6. The summed E-state index contributed by atoms with van der Waals surface area (Å²) in [5.41, 5.74) is 7.33. The fourth-order valence-electron chi connectivity index (χ4n) is 2.28. The molecular formula is C15H20N2O. The summed E-state index contributed by atoms with van der Waals surface area (Å²) in [6, 6.07) is 7.83. The van der Waals surface area contributed by atoms with E-state index in [2.05, 4.69) is 5.32 Å². The zero-order chi connectivity index (χ0) is 12.8. The lowest BCUT2D eigenvalue weighted by atomic mass is 9.95. The van der Waals surface area contributed by atoms with Gasteiger partial charge < -0.3 is 11.1 Å². The molecule has 0 unspecified atom stereocenters. The smallest absolute Gasteiger partial charge is 0.244 e. The Morgan fingerprint density at radius 3 is 2.50 bits per heavy atom. The van der Waals surface area contributed by atoms with Crippen LogP contribution in [-0.4, -0.2) is 11.9 Å². The predicted octanol–water partition coefficient (Wildman–Crippen LogP) is 2.73. The van der Waals surface area contributed by atoms with Gasteiger partial charge in [-0.3, -0.25) is 4.79 Å². The first-order chi connectivity index (χ1) is 8.74. The molecule has 1 saturated carbocycles. The third-order valence-corrected chi connectivity index (χ3v) is 3.32. The second-order valence-corrected chi connectivity index (χ2v) is 4.84. The number of hydrogen-bond acceptors (Lipinski definition) is 2. The van der Waals surface area contributed by atoms with Crippen LogP contribution in [0, 0.1) is 0 Å². The molecular weight excluding hydrogens is 224 g/mol. The van der Waals surface area contributed by atoms with Gasteiger partial charge in [0.1, 0.15) is 0 Å². The summed E-state index contributed by atoms with van der Waals surface area (Å²) in [4.78, 5) is 11.7. The third kappa shape index (κ3) is 3.91. The van der Waals surface area contributed by atoms with Crippen molar-refractivity contribution in [1.29, 1.82) is 0 Å². The first-order valence-electron chi connectivity index (χ1n) is 6.58. The average Bonchev–Trinajstić information content (AvgIpc) is 2.39. The lowest BCUT2D eigenvalue weighted by Gasteiger charge is -2.21. The highest BCUT2D eigenvalue weighted by atomic mass is 16.1. The Morgan fingerprint density at radius 2 is 1.83 bits per heavy atom. The number of benzene rings is 1. The van der Waals surface area contributed by atoms with Crippen molar-refractivity contribution in [3.8, 4) is 0 Å². The number of hydrogen-bond donors (Lipinski definition) is 2. The molecule has 0 heterocycles. The van der Waals surface area contributed by atoms with Crippen LogP contribution in [0.3, 0.4) is 0 Å². The minimum atomic E-state index is -0.00118. The van der Waals surface area contributed by atoms with Crippen molar-refractivity contribution in [3.05, 3.63) is 35.9 Å². The van der Waals surface area contributed by atoms with Gasteiger partial charge in [0.15, 0.2) is 0 Å². The molecule has 0 saturated heterocycles. The highest BCUT2D eigenvalue weighted by molar-refractivity contribution is 5.91. The molecule has 2 rings (SSSR count). The monoisotopic (exact) mass is 244 g/mol. The second-order valence-electron chi connectivity index (χ2n) is 4.84. The maximum atomic E-state index is 11.7. The third-order valence-electron chi connectivity index (χ3n) is 3.32. The van der Waals surface area contributed by atoms with Crippen LogP contribution in [0.2, 0.25) is 0 Å². The Morgan fingerprint density at radius 1 is 1.17 bits per heavy atom. The molecule has 0 radical (unpaired) electrons. The Labute approximate surface area is 108 Å². The lowest BCUT2D eigenvalue weighted by Crippen LogP contribution is -2.34. The number of amides is 1. The molecule has 0 aromatic heterocycles. The summed E-state index contributed by atoms with van der Waals surface area (Å²) in [6.07, 6.45) is 9.40. The molecule has 1 aliphatic carbocycles. The minimum absolute atomic E-state index is 0.00118. The number of carbonyl (C=O) groups is 1. The Balaban J connectivity index is 1.84. The molecule has 3 N–H and O–H groups in total. The van der Waals surface area contributed by atoms with Gasteiger partial charge in [0, 0.05) is 17.8 Å². The summed E-state index contributed by atoms with van der Waals surface area (Å²) in [7, 11) is 0. The van der Waals surface area contributed by atoms with Gasteiger partial charge in [-0.2, -0.15) is 0 Å². The predicted molar refractivity (Wildman–Crippen MR) is 74.9 cm³/mol. The van der Waals surface area contributed by atoms with Gasteiger partial charge in [-0.1, -0.05) is 31.4 Å². The van der Waals surface area contributed by atoms with E-state index in [-0.39, 0.29) is 5.91 Å². The van der Waals surface area contributed by atoms with Gasteiger partial charge in [-0.05, 0) is 36.6 Å². The van der Waals surface area contributed by atoms with E-state index in [9.17, 15) is 4.79 Å². The molecule has 1 aromatic rings. The number of anilines is 1. The van der Waals surface area contributed by atoms with Crippen molar-refractivity contribution >= 4 is 17.7 Å². The quantitative estimate of drug-likeness (QED) is 0.634. The number of nitrogens with one attached hydrogen (secondary N) is 1. The summed E-state index contributed by atoms with van der Waals surface area (Å²) in [5, 5.41) is 3.05. The second kappa shape index (κ2) is 6.24. The van der Waals surface area contributed by atoms with Crippen LogP contribution >= 0.6 is 0 Å². The summed E-state index contributed by atoms with van der Waals surface area (Å²) < 4.78 is 0. The summed E-state index contributed by atoms with van der Waals surface area (Å²) in [5.74, 6) is -0.00118. The highest BCUT2D eigenvalue weighted by Crippen LogP contribution is 2.17. The SMILES string of the molecule is Nc1ccc(/C=C/C(=O)NC2CCCCC2)cc1. The zero-order valence-electron chi connectivity index (χ0n) is 10.6. The molecule has 0 aliphatic heterocycles. The number of rotatable bonds is 3. The van der Waals surface area contributed by atoms with Crippen LogP contribution in [0.5, 0.6) is 0 Å². The van der Waals surface area contributed by atoms with Crippen LogP contribution in [0.25, 0.3) is 6.08 Å². The van der Waals surface area contributed by atoms with E-state index in [1.807, 2.05) is 30.3 Å². The normalized spacial score (nSPS) is 16.9. The number of carbonyl (C=O) groups excluding carboxylic acids is 1. The van der Waals surface area contributed by atoms with Crippen molar-refractivity contribution in [2.75, 3.05) is 5.73 Å². The largest absolute Gasteiger partial charge is 0.399 e. The Hall–Kier alpha value is -1.77. The van der Waals surface area contributed by atoms with E-state index in [1.54, 1.807) is 6.08 Å². The van der Waals surface area contributed by atoms with Gasteiger partial charge in [0.25, 0.3) is 0 Å². The van der Waals surface area contributed by atoms with E-state index in [0.29, 0.717) is 6.04 Å². The molecule has 0 atom stereocenters. The minimum Gasteiger partial charge on any atom is -0.399 e. The maximum absolute atomic E-state index is 11.7. The first kappa shape index (κ1) is 12.7. The van der Waals surface area contributed by atoms with E-state index < -0.39 is 0 Å². The average molecular weight is 244 g/mol. The fourth-order valence-corrected chi connectivity index (χ4v) is 2.28. The molecule has 3 nitrogen and oxygen atoms in total. The molecule has 1 fully saturated rings. The maximum Gasteiger partial charge on any atom is 0.244 e. The van der Waals surface area contributed by atoms with Gasteiger partial charge in [-0.25, -0.2) is 0 Å². The van der Waals surface area contributed by atoms with Crippen LogP contribution in [0.4, 0.5) is 5.69 Å². The van der Waals surface area contributed by atoms with Crippen LogP contribution in [0.1, 0.15) is 37.7 Å². The Kier molecular flexibility index (Phi) is 4.40. The lowest BCUT2D eigenvalue weighted by molar-refractivity contribution is -0.117. The molecule has 1 aliphatic rings. The number of nitrogen functional groups attached to an aromatic ring is 1. The van der Waals surface area contributed by atoms with E-state index >= 15 is 0 Å². The Bertz CT molecular complexity index is 417. The number of nitrogens with two attached hydrogens (primary N) is 1. The fraction of sp³-hybridized carbons (Fsp3) is 0.400. The van der Waals surface area contributed by atoms with Gasteiger partial charge >= 0.3 is 0 Å². The van der Waals surface area contributed by atoms with Gasteiger partial charge in [0.05, 0.1) is 0 Å². The van der Waals surface area contributed by atoms with E-state index in [1.165, 1.54) is 19.3 Å². The molecule has 0 spiro atoms. The topological polar surface area (TPSA) is 55.1 Å². The molecule has 18 heavy (non-hydrogen) atoms. The molecule has 1 amide bonds. The van der Waals surface area contributed by atoms with E-state index in [0.717, 1.165) is 24.1 Å². The van der Waals surface area contributed by atoms with Crippen molar-refractivity contribution in [1.82, 2.24) is 5.32 Å². The standard InChI is InChI=1S/C15H20N2O/c16-13-9-6-12(7-10-13)8-11-15(18)17-14-4-2-1-3-5-14/h6-11,14H,1-5,16H2,(H,17,18)/b11-8+. The van der Waals surface area contributed by atoms with Crippen molar-refractivity contribution in [3.63, 3.8) is 0 Å². The van der Waals surface area contributed by atoms with E-state index in [4.69, 9.17) is 5.73 Å². The molecule has 3 heteroatoms. The van der Waals surface area contributed by atoms with Gasteiger partial charge in [-0.15, -0.1) is 0 Å². The van der Waals surface area contributed by atoms with Gasteiger partial charge in [0.2, 0.25) is 5.91 Å². The first-order valence-corrected chi connectivity index (χ1v) is 6.58. The molecule has 1 aromatic carbocycles. The highest BCUT2D eigenvalue weighted by Gasteiger charge is 2.13. The van der Waals surface area contributed by atoms with Crippen LogP contribution in [0.15, 0.2) is 30.3 Å². The van der Waals surface area contributed by atoms with Crippen molar-refractivity contribution in [2.24, 2.45) is 0 Å². The molecule has 0 bridgehead atoms. The summed E-state index contributed by atoms with van der Waals surface area (Å²) in [6.45, 7) is 0. The van der Waals surface area contributed by atoms with Crippen LogP contribution in [-0.2, 0) is 4.79 Å². The summed E-state index contributed by atoms with van der Waals surface area (Å²) >= 11 is 0. The van der Waals surface area contributed by atoms with Crippen molar-refractivity contribution < 1.29 is 4.79 Å². The van der Waals surface area contributed by atoms with Crippen molar-refractivity contribution in [2.45, 2.75) is 38.1 Å². The van der Waals surface area contributed by atoms with Crippen LogP contribution < -0.4 is 11.1 Å².